The smallest absolute Gasteiger partial charge is 0.127 e. The highest BCUT2D eigenvalue weighted by atomic mass is 32.1. The van der Waals surface area contributed by atoms with E-state index in [4.69, 9.17) is 0 Å². The molecule has 0 aliphatic heterocycles. The van der Waals surface area contributed by atoms with E-state index in [-0.39, 0.29) is 0 Å². The first-order valence-corrected chi connectivity index (χ1v) is 6.69. The van der Waals surface area contributed by atoms with Crippen molar-refractivity contribution in [1.82, 2.24) is 20.1 Å². The second-order valence-electron chi connectivity index (χ2n) is 4.10. The van der Waals surface area contributed by atoms with E-state index in [0.29, 0.717) is 6.04 Å². The topological polar surface area (TPSA) is 42.7 Å². The zero-order valence-electron chi connectivity index (χ0n) is 10.7. The summed E-state index contributed by atoms with van der Waals surface area (Å²) in [6, 6.07) is 0.293. The summed E-state index contributed by atoms with van der Waals surface area (Å²) in [7, 11) is 3.90. The molecule has 2 aromatic rings. The third kappa shape index (κ3) is 2.40. The van der Waals surface area contributed by atoms with Gasteiger partial charge in [0.2, 0.25) is 0 Å². The van der Waals surface area contributed by atoms with Crippen LogP contribution in [-0.4, -0.2) is 21.8 Å². The Hall–Kier alpha value is -1.20. The quantitative estimate of drug-likeness (QED) is 0.906. The first-order chi connectivity index (χ1) is 8.15. The summed E-state index contributed by atoms with van der Waals surface area (Å²) in [5, 5.41) is 10.8. The summed E-state index contributed by atoms with van der Waals surface area (Å²) < 4.78 is 1.86. The monoisotopic (exact) mass is 250 g/mol. The molecule has 17 heavy (non-hydrogen) atoms. The number of nitrogens with zero attached hydrogens (tertiary/aromatic N) is 3. The van der Waals surface area contributed by atoms with Gasteiger partial charge in [0.25, 0.3) is 0 Å². The Labute approximate surface area is 106 Å². The molecule has 4 nitrogen and oxygen atoms in total. The van der Waals surface area contributed by atoms with Crippen LogP contribution in [0, 0.1) is 0 Å². The minimum absolute atomic E-state index is 0.293. The Balaban J connectivity index is 2.36. The van der Waals surface area contributed by atoms with Crippen LogP contribution < -0.4 is 5.32 Å². The van der Waals surface area contributed by atoms with Gasteiger partial charge in [0.15, 0.2) is 0 Å². The molecule has 0 bridgehead atoms. The van der Waals surface area contributed by atoms with Crippen LogP contribution in [0.4, 0.5) is 0 Å². The van der Waals surface area contributed by atoms with Gasteiger partial charge in [-0.15, -0.1) is 11.3 Å². The number of nitrogens with one attached hydrogen (secondary N) is 1. The van der Waals surface area contributed by atoms with E-state index in [2.05, 4.69) is 34.6 Å². The fourth-order valence-electron chi connectivity index (χ4n) is 1.73. The van der Waals surface area contributed by atoms with Crippen molar-refractivity contribution in [2.24, 2.45) is 7.05 Å². The van der Waals surface area contributed by atoms with E-state index in [1.54, 1.807) is 11.3 Å². The molecule has 1 unspecified atom stereocenters. The first kappa shape index (κ1) is 12.3. The summed E-state index contributed by atoms with van der Waals surface area (Å²) in [4.78, 5) is 4.68. The van der Waals surface area contributed by atoms with Gasteiger partial charge in [0, 0.05) is 24.7 Å². The van der Waals surface area contributed by atoms with Gasteiger partial charge in [-0.3, -0.25) is 4.68 Å². The lowest BCUT2D eigenvalue weighted by Crippen LogP contribution is -2.12. The maximum Gasteiger partial charge on any atom is 0.127 e. The van der Waals surface area contributed by atoms with E-state index >= 15 is 0 Å². The number of hydrogen-bond acceptors (Lipinski definition) is 4. The Bertz CT molecular complexity index is 500. The SMILES string of the molecule is CCc1nn(C)cc1-c1nc(C(C)NC)cs1. The van der Waals surface area contributed by atoms with Crippen molar-refractivity contribution in [1.29, 1.82) is 0 Å². The van der Waals surface area contributed by atoms with Gasteiger partial charge >= 0.3 is 0 Å². The van der Waals surface area contributed by atoms with Crippen molar-refractivity contribution in [3.63, 3.8) is 0 Å². The molecule has 0 saturated carbocycles. The van der Waals surface area contributed by atoms with Crippen molar-refractivity contribution in [3.8, 4) is 10.6 Å². The van der Waals surface area contributed by atoms with Crippen LogP contribution in [0.1, 0.15) is 31.3 Å². The molecule has 0 fully saturated rings. The molecule has 0 spiro atoms. The Morgan fingerprint density at radius 2 is 2.29 bits per heavy atom. The number of thiazole rings is 1. The van der Waals surface area contributed by atoms with Crippen LogP contribution in [0.5, 0.6) is 0 Å². The lowest BCUT2D eigenvalue weighted by molar-refractivity contribution is 0.637. The molecule has 0 saturated heterocycles. The first-order valence-electron chi connectivity index (χ1n) is 5.81. The molecule has 0 radical (unpaired) electrons. The molecule has 0 aromatic carbocycles. The molecule has 0 amide bonds. The van der Waals surface area contributed by atoms with Crippen LogP contribution in [-0.2, 0) is 13.5 Å². The molecular weight excluding hydrogens is 232 g/mol. The zero-order chi connectivity index (χ0) is 12.4. The fourth-order valence-corrected chi connectivity index (χ4v) is 2.68. The second-order valence-corrected chi connectivity index (χ2v) is 4.96. The third-order valence-corrected chi connectivity index (χ3v) is 3.76. The van der Waals surface area contributed by atoms with Crippen molar-refractivity contribution >= 4 is 11.3 Å². The number of rotatable bonds is 4. The fraction of sp³-hybridized carbons (Fsp3) is 0.500. The molecule has 0 aliphatic carbocycles. The maximum atomic E-state index is 4.68. The van der Waals surface area contributed by atoms with Gasteiger partial charge in [-0.1, -0.05) is 6.92 Å². The van der Waals surface area contributed by atoms with Gasteiger partial charge in [0.1, 0.15) is 5.01 Å². The summed E-state index contributed by atoms with van der Waals surface area (Å²) in [6.45, 7) is 4.24. The summed E-state index contributed by atoms with van der Waals surface area (Å²) in [5.74, 6) is 0. The number of hydrogen-bond donors (Lipinski definition) is 1. The number of aryl methyl sites for hydroxylation is 2. The van der Waals surface area contributed by atoms with Gasteiger partial charge in [-0.2, -0.15) is 5.10 Å². The highest BCUT2D eigenvalue weighted by Crippen LogP contribution is 2.28. The Kier molecular flexibility index (Phi) is 3.59. The largest absolute Gasteiger partial charge is 0.312 e. The van der Waals surface area contributed by atoms with Crippen LogP contribution in [0.3, 0.4) is 0 Å². The number of aromatic nitrogens is 3. The van der Waals surface area contributed by atoms with Crippen LogP contribution >= 0.6 is 11.3 Å². The molecule has 2 rings (SSSR count). The lowest BCUT2D eigenvalue weighted by Gasteiger charge is -2.04. The van der Waals surface area contributed by atoms with E-state index in [9.17, 15) is 0 Å². The van der Waals surface area contributed by atoms with Crippen LogP contribution in [0.15, 0.2) is 11.6 Å². The minimum atomic E-state index is 0.293. The highest BCUT2D eigenvalue weighted by Gasteiger charge is 2.14. The molecule has 0 aliphatic rings. The third-order valence-electron chi connectivity index (χ3n) is 2.87. The molecule has 92 valence electrons. The molecule has 5 heteroatoms. The summed E-state index contributed by atoms with van der Waals surface area (Å²) in [5.41, 5.74) is 3.37. The van der Waals surface area contributed by atoms with Crippen molar-refractivity contribution < 1.29 is 0 Å². The lowest BCUT2D eigenvalue weighted by atomic mass is 10.2. The summed E-state index contributed by atoms with van der Waals surface area (Å²) >= 11 is 1.68. The van der Waals surface area contributed by atoms with E-state index in [0.717, 1.165) is 28.4 Å². The molecular formula is C12H18N4S. The maximum absolute atomic E-state index is 4.68. The molecule has 1 atom stereocenters. The predicted molar refractivity (Wildman–Crippen MR) is 71.2 cm³/mol. The second kappa shape index (κ2) is 4.98. The Morgan fingerprint density at radius 3 is 2.94 bits per heavy atom. The molecule has 1 N–H and O–H groups in total. The van der Waals surface area contributed by atoms with Gasteiger partial charge in [0.05, 0.1) is 17.0 Å². The van der Waals surface area contributed by atoms with E-state index in [1.165, 1.54) is 0 Å². The van der Waals surface area contributed by atoms with Gasteiger partial charge < -0.3 is 5.32 Å². The Morgan fingerprint density at radius 1 is 1.53 bits per heavy atom. The molecule has 2 heterocycles. The van der Waals surface area contributed by atoms with Crippen molar-refractivity contribution in [2.75, 3.05) is 7.05 Å². The minimum Gasteiger partial charge on any atom is -0.312 e. The summed E-state index contributed by atoms with van der Waals surface area (Å²) in [6.07, 6.45) is 2.98. The zero-order valence-corrected chi connectivity index (χ0v) is 11.5. The van der Waals surface area contributed by atoms with Gasteiger partial charge in [-0.25, -0.2) is 4.98 Å². The van der Waals surface area contributed by atoms with E-state index in [1.807, 2.05) is 25.0 Å². The van der Waals surface area contributed by atoms with Crippen molar-refractivity contribution in [3.05, 3.63) is 23.0 Å². The molecule has 2 aromatic heterocycles. The average molecular weight is 250 g/mol. The normalized spacial score (nSPS) is 12.9. The average Bonchev–Trinajstić information content (AvgIpc) is 2.93. The van der Waals surface area contributed by atoms with Crippen LogP contribution in [0.2, 0.25) is 0 Å². The predicted octanol–water partition coefficient (Wildman–Crippen LogP) is 2.39. The highest BCUT2D eigenvalue weighted by molar-refractivity contribution is 7.13. The van der Waals surface area contributed by atoms with Crippen LogP contribution in [0.25, 0.3) is 10.6 Å². The van der Waals surface area contributed by atoms with Crippen molar-refractivity contribution in [2.45, 2.75) is 26.3 Å². The standard InChI is InChI=1S/C12H18N4S/c1-5-10-9(6-16(4)15-10)12-14-11(7-17-12)8(2)13-3/h6-8,13H,5H2,1-4H3. The van der Waals surface area contributed by atoms with E-state index < -0.39 is 0 Å². The van der Waals surface area contributed by atoms with Gasteiger partial charge in [-0.05, 0) is 20.4 Å².